The number of anilines is 2. The van der Waals surface area contributed by atoms with Crippen LogP contribution in [0, 0.1) is 0 Å². The van der Waals surface area contributed by atoms with E-state index in [9.17, 15) is 4.39 Å². The number of hydrogen-bond acceptors (Lipinski definition) is 5. The molecule has 0 atom stereocenters. The number of nitrogens with zero attached hydrogens (tertiary/aromatic N) is 2. The summed E-state index contributed by atoms with van der Waals surface area (Å²) < 4.78 is 17.4. The second-order valence-electron chi connectivity index (χ2n) is 4.62. The predicted molar refractivity (Wildman–Crippen MR) is 82.4 cm³/mol. The number of aromatic hydroxyl groups is 1. The van der Waals surface area contributed by atoms with E-state index in [1.807, 2.05) is 24.3 Å². The number of nitrogens with one attached hydrogen (secondary N) is 1. The van der Waals surface area contributed by atoms with Gasteiger partial charge in [0, 0.05) is 11.5 Å². The van der Waals surface area contributed by atoms with Gasteiger partial charge in [0.15, 0.2) is 0 Å². The molecule has 0 bridgehead atoms. The summed E-state index contributed by atoms with van der Waals surface area (Å²) in [6.45, 7) is -0.466. The van der Waals surface area contributed by atoms with Crippen molar-refractivity contribution in [2.75, 3.05) is 18.6 Å². The first-order chi connectivity index (χ1) is 10.7. The van der Waals surface area contributed by atoms with Gasteiger partial charge in [0.1, 0.15) is 24.8 Å². The topological polar surface area (TPSA) is 67.3 Å². The molecule has 2 heterocycles. The molecular weight excluding hydrogens is 285 g/mol. The first-order valence-electron chi connectivity index (χ1n) is 6.76. The van der Waals surface area contributed by atoms with Gasteiger partial charge in [0.05, 0.1) is 17.4 Å². The Kier molecular flexibility index (Phi) is 4.00. The van der Waals surface area contributed by atoms with Crippen LogP contribution in [-0.2, 0) is 0 Å². The monoisotopic (exact) mass is 299 g/mol. The van der Waals surface area contributed by atoms with E-state index in [1.165, 1.54) is 12.3 Å². The van der Waals surface area contributed by atoms with Crippen molar-refractivity contribution in [3.8, 4) is 11.6 Å². The Morgan fingerprint density at radius 1 is 1.14 bits per heavy atom. The van der Waals surface area contributed by atoms with Crippen molar-refractivity contribution in [3.05, 3.63) is 48.7 Å². The second-order valence-corrected chi connectivity index (χ2v) is 4.62. The van der Waals surface area contributed by atoms with Crippen molar-refractivity contribution in [2.45, 2.75) is 0 Å². The average molecular weight is 299 g/mol. The number of pyridine rings is 2. The largest absolute Gasteiger partial charge is 0.493 e. The summed E-state index contributed by atoms with van der Waals surface area (Å²) in [6, 6.07) is 12.3. The molecule has 0 aliphatic rings. The van der Waals surface area contributed by atoms with E-state index in [0.717, 1.165) is 16.6 Å². The first-order valence-corrected chi connectivity index (χ1v) is 6.76. The number of aromatic nitrogens is 2. The van der Waals surface area contributed by atoms with Crippen molar-refractivity contribution < 1.29 is 14.2 Å². The summed E-state index contributed by atoms with van der Waals surface area (Å²) in [6.07, 6.45) is 1.52. The molecule has 0 aliphatic heterocycles. The molecule has 2 aromatic heterocycles. The van der Waals surface area contributed by atoms with Gasteiger partial charge >= 0.3 is 0 Å². The van der Waals surface area contributed by atoms with Crippen LogP contribution >= 0.6 is 0 Å². The van der Waals surface area contributed by atoms with Gasteiger partial charge in [-0.3, -0.25) is 0 Å². The third kappa shape index (κ3) is 3.22. The highest BCUT2D eigenvalue weighted by atomic mass is 19.1. The maximum Gasteiger partial charge on any atom is 0.210 e. The Bertz CT molecular complexity index is 778. The number of halogens is 1. The molecule has 0 fully saturated rings. The van der Waals surface area contributed by atoms with Crippen LogP contribution < -0.4 is 10.1 Å². The van der Waals surface area contributed by atoms with Gasteiger partial charge in [-0.15, -0.1) is 0 Å². The van der Waals surface area contributed by atoms with Gasteiger partial charge in [-0.1, -0.05) is 0 Å². The number of alkyl halides is 1. The van der Waals surface area contributed by atoms with Crippen LogP contribution in [0.5, 0.6) is 11.6 Å². The van der Waals surface area contributed by atoms with Crippen molar-refractivity contribution in [2.24, 2.45) is 0 Å². The quantitative estimate of drug-likeness (QED) is 0.755. The van der Waals surface area contributed by atoms with Crippen LogP contribution in [-0.4, -0.2) is 28.4 Å². The smallest absolute Gasteiger partial charge is 0.210 e. The third-order valence-electron chi connectivity index (χ3n) is 3.03. The van der Waals surface area contributed by atoms with Gasteiger partial charge in [0.2, 0.25) is 5.88 Å². The molecule has 22 heavy (non-hydrogen) atoms. The van der Waals surface area contributed by atoms with Crippen LogP contribution in [0.25, 0.3) is 10.9 Å². The van der Waals surface area contributed by atoms with Gasteiger partial charge in [0.25, 0.3) is 0 Å². The van der Waals surface area contributed by atoms with Crippen molar-refractivity contribution in [1.29, 1.82) is 0 Å². The summed E-state index contributed by atoms with van der Waals surface area (Å²) in [5.41, 5.74) is 1.52. The third-order valence-corrected chi connectivity index (χ3v) is 3.03. The minimum absolute atomic E-state index is 0.0298. The lowest BCUT2D eigenvalue weighted by Gasteiger charge is -2.08. The minimum atomic E-state index is -0.514. The second kappa shape index (κ2) is 6.26. The predicted octanol–water partition coefficient (Wildman–Crippen LogP) is 3.43. The zero-order valence-electron chi connectivity index (χ0n) is 11.7. The lowest BCUT2D eigenvalue weighted by Crippen LogP contribution is -1.98. The highest BCUT2D eigenvalue weighted by Gasteiger charge is 2.02. The summed E-state index contributed by atoms with van der Waals surface area (Å²) in [7, 11) is 0. The Morgan fingerprint density at radius 3 is 2.82 bits per heavy atom. The summed E-state index contributed by atoms with van der Waals surface area (Å²) in [5, 5.41) is 13.2. The molecule has 5 nitrogen and oxygen atoms in total. The van der Waals surface area contributed by atoms with Gasteiger partial charge in [-0.25, -0.2) is 14.4 Å². The first kappa shape index (κ1) is 14.1. The molecule has 2 N–H and O–H groups in total. The zero-order valence-corrected chi connectivity index (χ0v) is 11.7. The highest BCUT2D eigenvalue weighted by molar-refractivity contribution is 5.82. The van der Waals surface area contributed by atoms with Crippen LogP contribution in [0.4, 0.5) is 15.9 Å². The number of ether oxygens (including phenoxy) is 1. The van der Waals surface area contributed by atoms with Crippen molar-refractivity contribution in [1.82, 2.24) is 9.97 Å². The van der Waals surface area contributed by atoms with E-state index in [2.05, 4.69) is 15.3 Å². The van der Waals surface area contributed by atoms with Gasteiger partial charge in [-0.2, -0.15) is 0 Å². The fourth-order valence-electron chi connectivity index (χ4n) is 2.03. The lowest BCUT2D eigenvalue weighted by atomic mass is 10.2. The van der Waals surface area contributed by atoms with Crippen LogP contribution in [0.1, 0.15) is 0 Å². The Morgan fingerprint density at radius 2 is 2.05 bits per heavy atom. The fourth-order valence-corrected chi connectivity index (χ4v) is 2.03. The standard InChI is InChI=1S/C16H14FN3O2/c17-7-8-22-13-3-4-14-11(9-13)1-5-15(20-14)19-12-2-6-16(21)18-10-12/h1-6,9-10H,7-8H2,(H,18,21)(H,19,20). The summed E-state index contributed by atoms with van der Waals surface area (Å²) >= 11 is 0. The number of fused-ring (bicyclic) bond motifs is 1. The highest BCUT2D eigenvalue weighted by Crippen LogP contribution is 2.23. The van der Waals surface area contributed by atoms with E-state index in [4.69, 9.17) is 9.84 Å². The molecule has 0 saturated heterocycles. The molecule has 1 aromatic carbocycles. The lowest BCUT2D eigenvalue weighted by molar-refractivity contribution is 0.273. The van der Waals surface area contributed by atoms with E-state index < -0.39 is 6.67 Å². The fraction of sp³-hybridized carbons (Fsp3) is 0.125. The van der Waals surface area contributed by atoms with E-state index in [0.29, 0.717) is 11.6 Å². The van der Waals surface area contributed by atoms with Crippen LogP contribution in [0.15, 0.2) is 48.7 Å². The molecule has 0 unspecified atom stereocenters. The molecule has 0 spiro atoms. The molecule has 3 aromatic rings. The SMILES string of the molecule is Oc1ccc(Nc2ccc3cc(OCCF)ccc3n2)cn1. The Hall–Kier alpha value is -2.89. The average Bonchev–Trinajstić information content (AvgIpc) is 2.55. The Balaban J connectivity index is 1.82. The molecule has 3 rings (SSSR count). The van der Waals surface area contributed by atoms with Crippen LogP contribution in [0.3, 0.4) is 0 Å². The maximum atomic E-state index is 12.1. The molecule has 0 saturated carbocycles. The van der Waals surface area contributed by atoms with Crippen molar-refractivity contribution >= 4 is 22.4 Å². The number of rotatable bonds is 5. The van der Waals surface area contributed by atoms with Crippen molar-refractivity contribution in [3.63, 3.8) is 0 Å². The van der Waals surface area contributed by atoms with E-state index in [1.54, 1.807) is 12.1 Å². The maximum absolute atomic E-state index is 12.1. The Labute approximate surface area is 126 Å². The number of benzene rings is 1. The molecule has 112 valence electrons. The van der Waals surface area contributed by atoms with Gasteiger partial charge < -0.3 is 15.2 Å². The normalized spacial score (nSPS) is 10.6. The minimum Gasteiger partial charge on any atom is -0.493 e. The molecular formula is C16H14FN3O2. The number of hydrogen-bond donors (Lipinski definition) is 2. The van der Waals surface area contributed by atoms with Crippen LogP contribution in [0.2, 0.25) is 0 Å². The molecule has 6 heteroatoms. The molecule has 0 radical (unpaired) electrons. The molecule has 0 aliphatic carbocycles. The van der Waals surface area contributed by atoms with Gasteiger partial charge in [-0.05, 0) is 36.4 Å². The summed E-state index contributed by atoms with van der Waals surface area (Å²) in [4.78, 5) is 8.28. The molecule has 0 amide bonds. The summed E-state index contributed by atoms with van der Waals surface area (Å²) in [5.74, 6) is 1.26. The van der Waals surface area contributed by atoms with E-state index in [-0.39, 0.29) is 12.5 Å². The zero-order chi connectivity index (χ0) is 15.4. The van der Waals surface area contributed by atoms with E-state index >= 15 is 0 Å².